The van der Waals surface area contributed by atoms with Crippen LogP contribution in [0.4, 0.5) is 0 Å². The third-order valence-corrected chi connectivity index (χ3v) is 25.3. The van der Waals surface area contributed by atoms with Crippen molar-refractivity contribution in [2.45, 2.75) is 32.7 Å². The van der Waals surface area contributed by atoms with Crippen LogP contribution < -0.4 is 0 Å². The summed E-state index contributed by atoms with van der Waals surface area (Å²) in [6.07, 6.45) is 8.21. The molecule has 4 rings (SSSR count). The molecule has 2 aromatic carbocycles. The van der Waals surface area contributed by atoms with Gasteiger partial charge in [-0.05, 0) is 0 Å². The molecule has 0 saturated carbocycles. The van der Waals surface area contributed by atoms with E-state index in [1.54, 1.807) is 7.63 Å². The first-order chi connectivity index (χ1) is 13.8. The molecule has 156 valence electrons. The van der Waals surface area contributed by atoms with Crippen LogP contribution in [0.3, 0.4) is 0 Å². The second kappa shape index (κ2) is 5.53. The van der Waals surface area contributed by atoms with Gasteiger partial charge in [-0.1, -0.05) is 0 Å². The molecule has 2 aliphatic rings. The Bertz CT molecular complexity index is 1210. The first-order valence-corrected chi connectivity index (χ1v) is 20.5. The van der Waals surface area contributed by atoms with Crippen LogP contribution in [0, 0.1) is 0 Å². The number of hydrogen-bond acceptors (Lipinski definition) is 4. The Labute approximate surface area is 175 Å². The Balaban J connectivity index is 2.18. The summed E-state index contributed by atoms with van der Waals surface area (Å²) >= 11 is -6.12. The molecule has 2 unspecified atom stereocenters. The van der Waals surface area contributed by atoms with Crippen molar-refractivity contribution in [3.8, 4) is 0 Å². The van der Waals surface area contributed by atoms with E-state index in [-0.39, 0.29) is 8.45 Å². The zero-order chi connectivity index (χ0) is 21.9. The number of hydrogen-bond donors (Lipinski definition) is 0. The molecule has 0 heterocycles. The average Bonchev–Trinajstić information content (AvgIpc) is 3.26. The molecule has 0 radical (unpaired) electrons. The van der Waals surface area contributed by atoms with Gasteiger partial charge in [-0.2, -0.15) is 0 Å². The predicted octanol–water partition coefficient (Wildman–Crippen LogP) is 4.88. The van der Waals surface area contributed by atoms with E-state index in [4.69, 9.17) is 6.64 Å². The van der Waals surface area contributed by atoms with Gasteiger partial charge in [0.25, 0.3) is 0 Å². The molecule has 30 heavy (non-hydrogen) atoms. The fourth-order valence-electron chi connectivity index (χ4n) is 6.26. The van der Waals surface area contributed by atoms with Crippen LogP contribution in [0.25, 0.3) is 12.2 Å². The van der Waals surface area contributed by atoms with Gasteiger partial charge in [-0.15, -0.1) is 0 Å². The van der Waals surface area contributed by atoms with E-state index in [2.05, 4.69) is 12.2 Å². The van der Waals surface area contributed by atoms with Crippen LogP contribution >= 0.6 is 0 Å². The van der Waals surface area contributed by atoms with Gasteiger partial charge in [0.15, 0.2) is 0 Å². The molecule has 2 aliphatic carbocycles. The standard InChI is InChI=1S/2C9H7.2C2H4O2.2CH3.H2Si.Ti/c2*1-2-5-9-7-3-6-8(9)4-1;2*1-2(3)4;;;;/h2*1-7H;2*1H3,(H,3,4);2*1H3;1H2;/q;;;;;;;+2/p-2. The number of fused-ring (bicyclic) bond motifs is 2. The van der Waals surface area contributed by atoms with Gasteiger partial charge in [0.2, 0.25) is 0 Å². The van der Waals surface area contributed by atoms with Crippen molar-refractivity contribution < 1.29 is 28.5 Å². The number of allylic oxidation sites excluding steroid dienone is 2. The molecule has 0 saturated heterocycles. The SMILES string of the molecule is CC(=O)[O][Ti]([CH3])([CH3])(=[SiH2])([O]C(C)=O)([CH]1C=Cc2ccccc21)[CH]1C=Cc2ccccc21. The Morgan fingerprint density at radius 3 is 1.50 bits per heavy atom. The Morgan fingerprint density at radius 1 is 0.767 bits per heavy atom. The van der Waals surface area contributed by atoms with E-state index < -0.39 is 24.2 Å². The second-order valence-corrected chi connectivity index (χ2v) is 39.2. The monoisotopic (exact) mass is 456 g/mol. The molecule has 2 aromatic rings. The van der Waals surface area contributed by atoms with Crippen LogP contribution in [0.1, 0.15) is 44.5 Å². The number of benzene rings is 2. The van der Waals surface area contributed by atoms with Gasteiger partial charge in [-0.25, -0.2) is 0 Å². The van der Waals surface area contributed by atoms with E-state index in [0.29, 0.717) is 0 Å². The number of carbonyl (C=O) groups excluding carboxylic acids is 2. The molecule has 0 aromatic heterocycles. The Morgan fingerprint density at radius 2 is 1.13 bits per heavy atom. The van der Waals surface area contributed by atoms with E-state index in [1.807, 2.05) is 71.1 Å². The normalized spacial score (nSPS) is 22.7. The molecule has 0 aliphatic heterocycles. The van der Waals surface area contributed by atoms with Crippen molar-refractivity contribution in [1.82, 2.24) is 0 Å². The third kappa shape index (κ3) is 2.62. The van der Waals surface area contributed by atoms with Crippen LogP contribution in [0.15, 0.2) is 60.7 Å². The van der Waals surface area contributed by atoms with Gasteiger partial charge in [0.05, 0.1) is 0 Å². The van der Waals surface area contributed by atoms with Crippen molar-refractivity contribution in [3.63, 3.8) is 0 Å². The van der Waals surface area contributed by atoms with Gasteiger partial charge in [-0.3, -0.25) is 0 Å². The summed E-state index contributed by atoms with van der Waals surface area (Å²) in [7, 11) is 1.64. The van der Waals surface area contributed by atoms with Gasteiger partial charge < -0.3 is 0 Å². The summed E-state index contributed by atoms with van der Waals surface area (Å²) in [6, 6.07) is 16.1. The summed E-state index contributed by atoms with van der Waals surface area (Å²) in [5, 5.41) is 3.93. The first-order valence-electron chi connectivity index (χ1n) is 10.3. The topological polar surface area (TPSA) is 52.6 Å². The maximum absolute atomic E-state index is 12.8. The van der Waals surface area contributed by atoms with E-state index >= 15 is 0 Å². The summed E-state index contributed by atoms with van der Waals surface area (Å²) in [5.41, 5.74) is 4.15. The molecule has 0 amide bonds. The van der Waals surface area contributed by atoms with Crippen molar-refractivity contribution in [2.24, 2.45) is 0 Å². The number of carbonyl (C=O) groups is 2. The molecule has 0 N–H and O–H groups in total. The Kier molecular flexibility index (Phi) is 3.88. The van der Waals surface area contributed by atoms with Crippen molar-refractivity contribution in [1.29, 1.82) is 0 Å². The molecular formula is C24H28O4SiTi. The summed E-state index contributed by atoms with van der Waals surface area (Å²) in [4.78, 5) is 25.6. The van der Waals surface area contributed by atoms with Crippen molar-refractivity contribution >= 4 is 31.7 Å². The van der Waals surface area contributed by atoms with Crippen LogP contribution in [0.2, 0.25) is 10.5 Å². The van der Waals surface area contributed by atoms with Crippen molar-refractivity contribution in [2.75, 3.05) is 0 Å². The predicted molar refractivity (Wildman–Crippen MR) is 120 cm³/mol. The van der Waals surface area contributed by atoms with Gasteiger partial charge in [0.1, 0.15) is 0 Å². The fourth-order valence-corrected chi connectivity index (χ4v) is 23.7. The van der Waals surface area contributed by atoms with Gasteiger partial charge >= 0.3 is 176 Å². The molecular weight excluding hydrogens is 428 g/mol. The minimum atomic E-state index is -6.12. The molecule has 4 nitrogen and oxygen atoms in total. The fraction of sp³-hybridized carbons (Fsp3) is 0.250. The number of rotatable bonds is 4. The summed E-state index contributed by atoms with van der Waals surface area (Å²) in [6.45, 7) is 2.81. The molecule has 0 spiro atoms. The van der Waals surface area contributed by atoms with Crippen molar-refractivity contribution in [3.05, 3.63) is 82.9 Å². The van der Waals surface area contributed by atoms with Crippen LogP contribution in [-0.4, -0.2) is 19.6 Å². The first kappa shape index (κ1) is 21.0. The van der Waals surface area contributed by atoms with E-state index in [0.717, 1.165) is 22.3 Å². The third-order valence-electron chi connectivity index (χ3n) is 7.31. The summed E-state index contributed by atoms with van der Waals surface area (Å²) < 4.78 is 12.5. The van der Waals surface area contributed by atoms with Gasteiger partial charge in [0, 0.05) is 0 Å². The summed E-state index contributed by atoms with van der Waals surface area (Å²) in [5.74, 6) is -0.884. The molecule has 0 fully saturated rings. The second-order valence-electron chi connectivity index (χ2n) is 10.7. The Hall–Kier alpha value is -2.21. The average molecular weight is 456 g/mol. The molecule has 6 heteroatoms. The van der Waals surface area contributed by atoms with E-state index in [9.17, 15) is 9.59 Å². The quantitative estimate of drug-likeness (QED) is 0.616. The molecule has 2 atom stereocenters. The molecule has 0 bridgehead atoms. The zero-order valence-electron chi connectivity index (χ0n) is 17.9. The van der Waals surface area contributed by atoms with Crippen LogP contribution in [-0.2, 0) is 28.5 Å². The van der Waals surface area contributed by atoms with Crippen LogP contribution in [0.5, 0.6) is 0 Å². The minimum absolute atomic E-state index is 0.369. The van der Waals surface area contributed by atoms with E-state index in [1.165, 1.54) is 13.8 Å². The maximum atomic E-state index is 12.8. The zero-order valence-corrected chi connectivity index (χ0v) is 20.9.